The van der Waals surface area contributed by atoms with E-state index in [9.17, 15) is 13.2 Å². The molecule has 1 aliphatic heterocycles. The third-order valence-electron chi connectivity index (χ3n) is 3.49. The lowest BCUT2D eigenvalue weighted by Gasteiger charge is -2.22. The molecule has 1 aliphatic rings. The molecule has 1 unspecified atom stereocenters. The predicted molar refractivity (Wildman–Crippen MR) is 71.3 cm³/mol. The Labute approximate surface area is 121 Å². The number of H-pyrrole nitrogens is 1. The molecule has 20 heavy (non-hydrogen) atoms. The third kappa shape index (κ3) is 2.33. The van der Waals surface area contributed by atoms with E-state index in [2.05, 4.69) is 26.1 Å². The number of nitrogens with zero attached hydrogens (tertiary/aromatic N) is 1. The summed E-state index contributed by atoms with van der Waals surface area (Å²) in [5, 5.41) is 7.37. The van der Waals surface area contributed by atoms with Crippen LogP contribution in [0.5, 0.6) is 0 Å². The molecule has 3 rings (SSSR count). The van der Waals surface area contributed by atoms with E-state index in [1.165, 1.54) is 6.07 Å². The Balaban J connectivity index is 2.14. The van der Waals surface area contributed by atoms with Crippen LogP contribution in [0.3, 0.4) is 0 Å². The Hall–Kier alpha value is -1.08. The second-order valence-corrected chi connectivity index (χ2v) is 5.60. The summed E-state index contributed by atoms with van der Waals surface area (Å²) in [6.07, 6.45) is -1.83. The molecule has 2 heterocycles. The monoisotopic (exact) mass is 348 g/mol. The van der Waals surface area contributed by atoms with Crippen LogP contribution >= 0.6 is 15.9 Å². The zero-order chi connectivity index (χ0) is 14.3. The maximum atomic E-state index is 13.0. The number of halogens is 4. The van der Waals surface area contributed by atoms with Crippen molar-refractivity contribution < 1.29 is 17.9 Å². The van der Waals surface area contributed by atoms with Gasteiger partial charge < -0.3 is 4.74 Å². The van der Waals surface area contributed by atoms with Crippen molar-refractivity contribution >= 4 is 26.8 Å². The van der Waals surface area contributed by atoms with Crippen molar-refractivity contribution in [1.82, 2.24) is 10.2 Å². The summed E-state index contributed by atoms with van der Waals surface area (Å²) < 4.78 is 44.6. The van der Waals surface area contributed by atoms with Gasteiger partial charge in [0, 0.05) is 16.5 Å². The first-order valence-corrected chi connectivity index (χ1v) is 7.13. The smallest absolute Gasteiger partial charge is 0.372 e. The van der Waals surface area contributed by atoms with E-state index in [4.69, 9.17) is 4.74 Å². The van der Waals surface area contributed by atoms with Crippen LogP contribution in [-0.2, 0) is 10.9 Å². The van der Waals surface area contributed by atoms with Gasteiger partial charge in [-0.2, -0.15) is 18.3 Å². The van der Waals surface area contributed by atoms with E-state index in [0.717, 1.165) is 25.3 Å². The fraction of sp³-hybridized carbons (Fsp3) is 0.462. The van der Waals surface area contributed by atoms with Crippen molar-refractivity contribution in [3.8, 4) is 0 Å². The lowest BCUT2D eigenvalue weighted by molar-refractivity contribution is -0.138. The van der Waals surface area contributed by atoms with Crippen LogP contribution in [-0.4, -0.2) is 16.8 Å². The lowest BCUT2D eigenvalue weighted by atomic mass is 10.0. The van der Waals surface area contributed by atoms with Gasteiger partial charge >= 0.3 is 6.18 Å². The third-order valence-corrected chi connectivity index (χ3v) is 4.32. The van der Waals surface area contributed by atoms with Gasteiger partial charge in [0.2, 0.25) is 0 Å². The molecule has 0 aliphatic carbocycles. The zero-order valence-corrected chi connectivity index (χ0v) is 12.0. The number of benzene rings is 1. The lowest BCUT2D eigenvalue weighted by Crippen LogP contribution is -2.12. The van der Waals surface area contributed by atoms with Crippen molar-refractivity contribution in [1.29, 1.82) is 0 Å². The zero-order valence-electron chi connectivity index (χ0n) is 10.4. The minimum atomic E-state index is -4.39. The molecule has 0 radical (unpaired) electrons. The standard InChI is InChI=1S/C13H12BrF3N2O/c14-11-7(13(15,16)17)4-5-8-10(11)12(19-18-8)9-3-1-2-6-20-9/h4-5,9H,1-3,6H2,(H,18,19). The van der Waals surface area contributed by atoms with Crippen LogP contribution in [0, 0.1) is 0 Å². The fourth-order valence-corrected chi connectivity index (χ4v) is 3.29. The first-order valence-electron chi connectivity index (χ1n) is 6.34. The SMILES string of the molecule is FC(F)(F)c1ccc2n[nH]c(C3CCCCO3)c2c1Br. The largest absolute Gasteiger partial charge is 0.417 e. The summed E-state index contributed by atoms with van der Waals surface area (Å²) in [5.41, 5.74) is 0.440. The Morgan fingerprint density at radius 2 is 2.10 bits per heavy atom. The molecule has 1 aromatic heterocycles. The van der Waals surface area contributed by atoms with Crippen LogP contribution in [0.15, 0.2) is 16.6 Å². The number of nitrogens with one attached hydrogen (secondary N) is 1. The molecule has 1 aromatic carbocycles. The molecule has 0 amide bonds. The highest BCUT2D eigenvalue weighted by Crippen LogP contribution is 2.41. The number of hydrogen-bond acceptors (Lipinski definition) is 2. The summed E-state index contributed by atoms with van der Waals surface area (Å²) in [6, 6.07) is 2.42. The quantitative estimate of drug-likeness (QED) is 0.818. The number of aromatic nitrogens is 2. The van der Waals surface area contributed by atoms with Gasteiger partial charge in [0.15, 0.2) is 0 Å². The van der Waals surface area contributed by atoms with Crippen molar-refractivity contribution in [3.63, 3.8) is 0 Å². The molecule has 108 valence electrons. The average molecular weight is 349 g/mol. The number of alkyl halides is 3. The van der Waals surface area contributed by atoms with Crippen molar-refractivity contribution in [2.75, 3.05) is 6.61 Å². The Bertz CT molecular complexity index is 632. The van der Waals surface area contributed by atoms with Crippen molar-refractivity contribution in [2.45, 2.75) is 31.5 Å². The summed E-state index contributed by atoms with van der Waals surface area (Å²) >= 11 is 3.08. The maximum absolute atomic E-state index is 13.0. The minimum Gasteiger partial charge on any atom is -0.372 e. The van der Waals surface area contributed by atoms with Gasteiger partial charge in [0.1, 0.15) is 0 Å². The van der Waals surface area contributed by atoms with Crippen LogP contribution in [0.2, 0.25) is 0 Å². The Morgan fingerprint density at radius 1 is 1.30 bits per heavy atom. The molecule has 3 nitrogen and oxygen atoms in total. The second kappa shape index (κ2) is 5.04. The topological polar surface area (TPSA) is 37.9 Å². The molecule has 7 heteroatoms. The van der Waals surface area contributed by atoms with Crippen molar-refractivity contribution in [2.24, 2.45) is 0 Å². The fourth-order valence-electron chi connectivity index (χ4n) is 2.51. The highest BCUT2D eigenvalue weighted by molar-refractivity contribution is 9.10. The first-order chi connectivity index (χ1) is 9.48. The van der Waals surface area contributed by atoms with E-state index in [1.807, 2.05) is 0 Å². The second-order valence-electron chi connectivity index (χ2n) is 4.81. The normalized spacial score (nSPS) is 20.5. The molecular weight excluding hydrogens is 337 g/mol. The van der Waals surface area contributed by atoms with Gasteiger partial charge in [-0.25, -0.2) is 0 Å². The van der Waals surface area contributed by atoms with Gasteiger partial charge in [-0.3, -0.25) is 5.10 Å². The highest BCUT2D eigenvalue weighted by Gasteiger charge is 2.35. The van der Waals surface area contributed by atoms with Gasteiger partial charge in [-0.15, -0.1) is 0 Å². The molecule has 1 saturated heterocycles. The number of aromatic amines is 1. The highest BCUT2D eigenvalue weighted by atomic mass is 79.9. The van der Waals surface area contributed by atoms with E-state index < -0.39 is 11.7 Å². The molecular formula is C13H12BrF3N2O. The number of fused-ring (bicyclic) bond motifs is 1. The number of hydrogen-bond donors (Lipinski definition) is 1. The van der Waals surface area contributed by atoms with E-state index >= 15 is 0 Å². The Kier molecular flexibility index (Phi) is 3.50. The molecule has 0 bridgehead atoms. The summed E-state index contributed by atoms with van der Waals surface area (Å²) in [6.45, 7) is 0.627. The van der Waals surface area contributed by atoms with Crippen LogP contribution in [0.1, 0.15) is 36.6 Å². The number of rotatable bonds is 1. The van der Waals surface area contributed by atoms with Gasteiger partial charge in [0.05, 0.1) is 22.9 Å². The maximum Gasteiger partial charge on any atom is 0.417 e. The summed E-state index contributed by atoms with van der Waals surface area (Å²) in [4.78, 5) is 0. The van der Waals surface area contributed by atoms with Crippen LogP contribution < -0.4 is 0 Å². The first kappa shape index (κ1) is 13.9. The summed E-state index contributed by atoms with van der Waals surface area (Å²) in [7, 11) is 0. The van der Waals surface area contributed by atoms with Gasteiger partial charge in [-0.05, 0) is 47.3 Å². The van der Waals surface area contributed by atoms with E-state index in [0.29, 0.717) is 23.2 Å². The summed E-state index contributed by atoms with van der Waals surface area (Å²) in [5.74, 6) is 0. The Morgan fingerprint density at radius 3 is 2.75 bits per heavy atom. The van der Waals surface area contributed by atoms with Crippen LogP contribution in [0.25, 0.3) is 10.9 Å². The average Bonchev–Trinajstić information content (AvgIpc) is 2.83. The molecule has 1 fully saturated rings. The number of ether oxygens (including phenoxy) is 1. The molecule has 1 N–H and O–H groups in total. The minimum absolute atomic E-state index is 0.0282. The predicted octanol–water partition coefficient (Wildman–Crippen LogP) is 4.59. The van der Waals surface area contributed by atoms with Crippen molar-refractivity contribution in [3.05, 3.63) is 27.9 Å². The van der Waals surface area contributed by atoms with Gasteiger partial charge in [0.25, 0.3) is 0 Å². The molecule has 0 saturated carbocycles. The van der Waals surface area contributed by atoms with E-state index in [1.54, 1.807) is 0 Å². The van der Waals surface area contributed by atoms with Gasteiger partial charge in [-0.1, -0.05) is 0 Å². The van der Waals surface area contributed by atoms with Crippen LogP contribution in [0.4, 0.5) is 13.2 Å². The molecule has 2 aromatic rings. The molecule has 0 spiro atoms. The van der Waals surface area contributed by atoms with E-state index in [-0.39, 0.29) is 10.6 Å². The molecule has 1 atom stereocenters.